The second-order valence-electron chi connectivity index (χ2n) is 5.69. The molecule has 1 fully saturated rings. The van der Waals surface area contributed by atoms with Crippen LogP contribution >= 0.6 is 0 Å². The Balaban J connectivity index is 2.56. The van der Waals surface area contributed by atoms with Crippen LogP contribution in [0.5, 0.6) is 0 Å². The summed E-state index contributed by atoms with van der Waals surface area (Å²) < 4.78 is 5.16. The number of carbonyl (C=O) groups excluding carboxylic acids is 2. The van der Waals surface area contributed by atoms with E-state index in [0.717, 1.165) is 12.8 Å². The third-order valence-corrected chi connectivity index (χ3v) is 2.47. The summed E-state index contributed by atoms with van der Waals surface area (Å²) in [4.78, 5) is 25.0. The minimum atomic E-state index is -0.542. The Hall–Kier alpha value is -1.26. The monoisotopic (exact) mass is 242 g/mol. The number of amides is 2. The summed E-state index contributed by atoms with van der Waals surface area (Å²) in [5.41, 5.74) is -0.542. The summed E-state index contributed by atoms with van der Waals surface area (Å²) in [5.74, 6) is 0.191. The van der Waals surface area contributed by atoms with Crippen LogP contribution < -0.4 is 5.32 Å². The van der Waals surface area contributed by atoms with Crippen molar-refractivity contribution < 1.29 is 14.3 Å². The second kappa shape index (κ2) is 4.94. The summed E-state index contributed by atoms with van der Waals surface area (Å²) in [6.45, 7) is 5.39. The van der Waals surface area contributed by atoms with E-state index in [4.69, 9.17) is 4.74 Å². The van der Waals surface area contributed by atoms with Crippen LogP contribution in [0.3, 0.4) is 0 Å². The van der Waals surface area contributed by atoms with Crippen molar-refractivity contribution in [1.82, 2.24) is 10.2 Å². The fourth-order valence-electron chi connectivity index (χ4n) is 1.52. The maximum absolute atomic E-state index is 11.9. The molecule has 98 valence electrons. The van der Waals surface area contributed by atoms with Crippen molar-refractivity contribution in [2.75, 3.05) is 14.1 Å². The molecule has 1 saturated carbocycles. The maximum Gasteiger partial charge on any atom is 0.408 e. The molecule has 17 heavy (non-hydrogen) atoms. The number of nitrogens with zero attached hydrogens (tertiary/aromatic N) is 1. The summed E-state index contributed by atoms with van der Waals surface area (Å²) in [5, 5.41) is 2.66. The molecule has 0 aromatic heterocycles. The van der Waals surface area contributed by atoms with E-state index in [1.165, 1.54) is 4.90 Å². The average molecular weight is 242 g/mol. The molecule has 0 aromatic carbocycles. The van der Waals surface area contributed by atoms with Crippen LogP contribution in [0.4, 0.5) is 4.79 Å². The van der Waals surface area contributed by atoms with Gasteiger partial charge in [0.15, 0.2) is 0 Å². The molecule has 1 rings (SSSR count). The maximum atomic E-state index is 11.9. The van der Waals surface area contributed by atoms with Crippen molar-refractivity contribution >= 4 is 12.0 Å². The highest BCUT2D eigenvalue weighted by Gasteiger charge is 2.38. The molecule has 5 heteroatoms. The van der Waals surface area contributed by atoms with Gasteiger partial charge in [0.25, 0.3) is 0 Å². The SMILES string of the molecule is CN(C)C(=O)[C@@H](NC(=O)OC(C)(C)C)C1CC1. The van der Waals surface area contributed by atoms with Gasteiger partial charge in [-0.1, -0.05) is 0 Å². The molecule has 0 bridgehead atoms. The van der Waals surface area contributed by atoms with Crippen LogP contribution in [0.25, 0.3) is 0 Å². The zero-order valence-corrected chi connectivity index (χ0v) is 11.2. The molecule has 1 aliphatic carbocycles. The van der Waals surface area contributed by atoms with Crippen LogP contribution in [0.1, 0.15) is 33.6 Å². The van der Waals surface area contributed by atoms with Gasteiger partial charge in [-0.2, -0.15) is 0 Å². The number of rotatable bonds is 3. The number of ether oxygens (including phenoxy) is 1. The van der Waals surface area contributed by atoms with Crippen molar-refractivity contribution in [1.29, 1.82) is 0 Å². The van der Waals surface area contributed by atoms with Crippen molar-refractivity contribution in [2.24, 2.45) is 5.92 Å². The molecule has 0 heterocycles. The van der Waals surface area contributed by atoms with Crippen molar-refractivity contribution in [3.8, 4) is 0 Å². The van der Waals surface area contributed by atoms with Crippen LogP contribution in [0.2, 0.25) is 0 Å². The minimum absolute atomic E-state index is 0.0710. The van der Waals surface area contributed by atoms with Gasteiger partial charge in [0, 0.05) is 14.1 Å². The van der Waals surface area contributed by atoms with E-state index in [2.05, 4.69) is 5.32 Å². The van der Waals surface area contributed by atoms with Crippen molar-refractivity contribution in [3.63, 3.8) is 0 Å². The third kappa shape index (κ3) is 4.63. The lowest BCUT2D eigenvalue weighted by Crippen LogP contribution is -2.49. The normalized spacial score (nSPS) is 17.2. The molecule has 0 aromatic rings. The molecule has 1 atom stereocenters. The summed E-state index contributed by atoms with van der Waals surface area (Å²) >= 11 is 0. The highest BCUT2D eigenvalue weighted by Crippen LogP contribution is 2.33. The Morgan fingerprint density at radius 2 is 1.82 bits per heavy atom. The quantitative estimate of drug-likeness (QED) is 0.813. The lowest BCUT2D eigenvalue weighted by Gasteiger charge is -2.24. The first-order chi connectivity index (χ1) is 7.70. The van der Waals surface area contributed by atoms with E-state index in [1.54, 1.807) is 34.9 Å². The Morgan fingerprint density at radius 3 is 2.18 bits per heavy atom. The van der Waals surface area contributed by atoms with Crippen LogP contribution in [-0.2, 0) is 9.53 Å². The largest absolute Gasteiger partial charge is 0.444 e. The zero-order chi connectivity index (χ0) is 13.2. The fourth-order valence-corrected chi connectivity index (χ4v) is 1.52. The molecular formula is C12H22N2O3. The minimum Gasteiger partial charge on any atom is -0.444 e. The van der Waals surface area contributed by atoms with Gasteiger partial charge in [0.2, 0.25) is 5.91 Å². The smallest absolute Gasteiger partial charge is 0.408 e. The standard InChI is InChI=1S/C12H22N2O3/c1-12(2,3)17-11(16)13-9(8-6-7-8)10(15)14(4)5/h8-9H,6-7H2,1-5H3,(H,13,16)/t9-/m0/s1. The van der Waals surface area contributed by atoms with Gasteiger partial charge in [0.05, 0.1) is 0 Å². The molecule has 1 aliphatic rings. The van der Waals surface area contributed by atoms with E-state index in [9.17, 15) is 9.59 Å². The van der Waals surface area contributed by atoms with E-state index in [-0.39, 0.29) is 11.8 Å². The summed E-state index contributed by atoms with van der Waals surface area (Å²) in [7, 11) is 3.38. The highest BCUT2D eigenvalue weighted by atomic mass is 16.6. The lowest BCUT2D eigenvalue weighted by atomic mass is 10.1. The van der Waals surface area contributed by atoms with E-state index >= 15 is 0 Å². The van der Waals surface area contributed by atoms with Crippen molar-refractivity contribution in [2.45, 2.75) is 45.3 Å². The Labute approximate surface area is 102 Å². The molecule has 5 nitrogen and oxygen atoms in total. The van der Waals surface area contributed by atoms with Crippen LogP contribution in [-0.4, -0.2) is 42.6 Å². The first-order valence-electron chi connectivity index (χ1n) is 5.91. The number of nitrogens with one attached hydrogen (secondary N) is 1. The lowest BCUT2D eigenvalue weighted by molar-refractivity contribution is -0.131. The molecule has 0 unspecified atom stereocenters. The van der Waals surface area contributed by atoms with Gasteiger partial charge >= 0.3 is 6.09 Å². The van der Waals surface area contributed by atoms with Crippen LogP contribution in [0, 0.1) is 5.92 Å². The number of likely N-dealkylation sites (N-methyl/N-ethyl adjacent to an activating group) is 1. The van der Waals surface area contributed by atoms with Crippen molar-refractivity contribution in [3.05, 3.63) is 0 Å². The Morgan fingerprint density at radius 1 is 1.29 bits per heavy atom. The molecule has 0 saturated heterocycles. The van der Waals surface area contributed by atoms with Gasteiger partial charge in [0.1, 0.15) is 11.6 Å². The first kappa shape index (κ1) is 13.8. The van der Waals surface area contributed by atoms with E-state index in [0.29, 0.717) is 0 Å². The number of carbonyl (C=O) groups is 2. The Bertz CT molecular complexity index is 303. The van der Waals surface area contributed by atoms with Crippen LogP contribution in [0.15, 0.2) is 0 Å². The molecule has 0 spiro atoms. The average Bonchev–Trinajstić information content (AvgIpc) is 2.93. The third-order valence-electron chi connectivity index (χ3n) is 2.47. The van der Waals surface area contributed by atoms with Gasteiger partial charge in [-0.3, -0.25) is 4.79 Å². The highest BCUT2D eigenvalue weighted by molar-refractivity contribution is 5.86. The second-order valence-corrected chi connectivity index (χ2v) is 5.69. The predicted octanol–water partition coefficient (Wildman–Crippen LogP) is 1.38. The van der Waals surface area contributed by atoms with E-state index < -0.39 is 17.7 Å². The topological polar surface area (TPSA) is 58.6 Å². The summed E-state index contributed by atoms with van der Waals surface area (Å²) in [6.07, 6.45) is 1.45. The molecule has 2 amide bonds. The number of hydrogen-bond acceptors (Lipinski definition) is 3. The fraction of sp³-hybridized carbons (Fsp3) is 0.833. The van der Waals surface area contributed by atoms with Gasteiger partial charge in [-0.25, -0.2) is 4.79 Å². The molecular weight excluding hydrogens is 220 g/mol. The molecule has 0 radical (unpaired) electrons. The first-order valence-corrected chi connectivity index (χ1v) is 5.91. The summed E-state index contributed by atoms with van der Waals surface area (Å²) in [6, 6.07) is -0.445. The number of alkyl carbamates (subject to hydrolysis) is 1. The van der Waals surface area contributed by atoms with Gasteiger partial charge in [-0.15, -0.1) is 0 Å². The van der Waals surface area contributed by atoms with E-state index in [1.807, 2.05) is 0 Å². The Kier molecular flexibility index (Phi) is 4.01. The van der Waals surface area contributed by atoms with Gasteiger partial charge in [-0.05, 0) is 39.5 Å². The predicted molar refractivity (Wildman–Crippen MR) is 64.6 cm³/mol. The molecule has 0 aliphatic heterocycles. The van der Waals surface area contributed by atoms with Gasteiger partial charge < -0.3 is 15.0 Å². The number of hydrogen-bond donors (Lipinski definition) is 1. The zero-order valence-electron chi connectivity index (χ0n) is 11.2. The molecule has 1 N–H and O–H groups in total.